The molecule has 2 saturated heterocycles. The summed E-state index contributed by atoms with van der Waals surface area (Å²) in [6, 6.07) is 4.00. The van der Waals surface area contributed by atoms with Crippen LogP contribution in [-0.2, 0) is 11.2 Å². The van der Waals surface area contributed by atoms with E-state index in [1.807, 2.05) is 11.8 Å². The lowest BCUT2D eigenvalue weighted by molar-refractivity contribution is -0.136. The van der Waals surface area contributed by atoms with Gasteiger partial charge in [-0.05, 0) is 68.3 Å². The molecule has 28 heavy (non-hydrogen) atoms. The quantitative estimate of drug-likeness (QED) is 0.736. The highest BCUT2D eigenvalue weighted by molar-refractivity contribution is 6.37. The van der Waals surface area contributed by atoms with Crippen LogP contribution >= 0.6 is 23.2 Å². The van der Waals surface area contributed by atoms with E-state index in [4.69, 9.17) is 23.2 Å². The summed E-state index contributed by atoms with van der Waals surface area (Å²) in [7, 11) is 0. The van der Waals surface area contributed by atoms with Gasteiger partial charge in [0.1, 0.15) is 0 Å². The Bertz CT molecular complexity index is 681. The average molecular weight is 427 g/mol. The molecule has 0 spiro atoms. The van der Waals surface area contributed by atoms with Crippen LogP contribution in [0.5, 0.6) is 5.75 Å². The smallest absolute Gasteiger partial charge is 0.225 e. The van der Waals surface area contributed by atoms with Gasteiger partial charge in [0.05, 0.1) is 10.0 Å². The lowest BCUT2D eigenvalue weighted by atomic mass is 9.82. The maximum absolute atomic E-state index is 12.9. The molecule has 1 atom stereocenters. The van der Waals surface area contributed by atoms with E-state index < -0.39 is 0 Å². The minimum absolute atomic E-state index is 0.103. The van der Waals surface area contributed by atoms with Gasteiger partial charge in [0.15, 0.2) is 5.75 Å². The van der Waals surface area contributed by atoms with Crippen LogP contribution in [-0.4, -0.2) is 53.0 Å². The van der Waals surface area contributed by atoms with Gasteiger partial charge in [-0.25, -0.2) is 0 Å². The van der Waals surface area contributed by atoms with Crippen molar-refractivity contribution in [1.29, 1.82) is 0 Å². The van der Waals surface area contributed by atoms with Crippen molar-refractivity contribution in [2.45, 2.75) is 58.9 Å². The molecular formula is C22H32Cl2N2O2. The van der Waals surface area contributed by atoms with E-state index in [0.29, 0.717) is 17.9 Å². The summed E-state index contributed by atoms with van der Waals surface area (Å²) in [4.78, 5) is 17.6. The maximum Gasteiger partial charge on any atom is 0.225 e. The van der Waals surface area contributed by atoms with E-state index >= 15 is 0 Å². The Morgan fingerprint density at radius 1 is 1.14 bits per heavy atom. The molecule has 2 heterocycles. The Balaban J connectivity index is 1.51. The van der Waals surface area contributed by atoms with Crippen LogP contribution < -0.4 is 0 Å². The van der Waals surface area contributed by atoms with E-state index in [1.165, 1.54) is 25.9 Å². The van der Waals surface area contributed by atoms with Crippen molar-refractivity contribution >= 4 is 29.1 Å². The van der Waals surface area contributed by atoms with Gasteiger partial charge in [0.25, 0.3) is 0 Å². The molecule has 3 rings (SSSR count). The highest BCUT2D eigenvalue weighted by Crippen LogP contribution is 2.34. The number of rotatable bonds is 4. The number of carbonyl (C=O) groups excluding carboxylic acids is 1. The first-order valence-corrected chi connectivity index (χ1v) is 11.1. The third-order valence-electron chi connectivity index (χ3n) is 6.48. The van der Waals surface area contributed by atoms with Crippen molar-refractivity contribution in [2.75, 3.05) is 26.2 Å². The highest BCUT2D eigenvalue weighted by atomic mass is 35.5. The van der Waals surface area contributed by atoms with Gasteiger partial charge in [-0.15, -0.1) is 0 Å². The Hall–Kier alpha value is -0.970. The van der Waals surface area contributed by atoms with Crippen LogP contribution in [0.1, 0.15) is 52.0 Å². The molecule has 1 N–H and O–H groups in total. The van der Waals surface area contributed by atoms with Gasteiger partial charge in [0.2, 0.25) is 5.91 Å². The number of piperidine rings is 2. The van der Waals surface area contributed by atoms with E-state index in [2.05, 4.69) is 18.7 Å². The lowest BCUT2D eigenvalue weighted by Gasteiger charge is -2.44. The molecule has 2 fully saturated rings. The lowest BCUT2D eigenvalue weighted by Crippen LogP contribution is -2.50. The van der Waals surface area contributed by atoms with Gasteiger partial charge in [0, 0.05) is 25.0 Å². The van der Waals surface area contributed by atoms with Crippen molar-refractivity contribution in [1.82, 2.24) is 9.80 Å². The number of hydrogen-bond donors (Lipinski definition) is 1. The van der Waals surface area contributed by atoms with E-state index in [0.717, 1.165) is 31.5 Å². The van der Waals surface area contributed by atoms with Crippen molar-refractivity contribution < 1.29 is 9.90 Å². The third kappa shape index (κ3) is 5.14. The zero-order valence-corrected chi connectivity index (χ0v) is 18.7. The average Bonchev–Trinajstić information content (AvgIpc) is 2.65. The second-order valence-electron chi connectivity index (χ2n) is 9.27. The minimum atomic E-state index is -0.135. The highest BCUT2D eigenvalue weighted by Gasteiger charge is 2.32. The number of hydrogen-bond acceptors (Lipinski definition) is 3. The molecule has 6 heteroatoms. The van der Waals surface area contributed by atoms with E-state index in [9.17, 15) is 9.90 Å². The van der Waals surface area contributed by atoms with Crippen molar-refractivity contribution in [3.63, 3.8) is 0 Å². The second kappa shape index (κ2) is 8.81. The number of phenols is 1. The predicted molar refractivity (Wildman–Crippen MR) is 115 cm³/mol. The molecular weight excluding hydrogens is 395 g/mol. The number of phenolic OH excluding ortho intramolecular Hbond substituents is 1. The number of nitrogens with zero attached hydrogens (tertiary/aromatic N) is 2. The van der Waals surface area contributed by atoms with Crippen LogP contribution in [0, 0.1) is 11.3 Å². The van der Waals surface area contributed by atoms with Crippen LogP contribution in [0.25, 0.3) is 0 Å². The van der Waals surface area contributed by atoms with Gasteiger partial charge < -0.3 is 14.9 Å². The van der Waals surface area contributed by atoms with Gasteiger partial charge in [-0.1, -0.05) is 44.0 Å². The maximum atomic E-state index is 12.9. The van der Waals surface area contributed by atoms with E-state index in [1.54, 1.807) is 12.1 Å². The van der Waals surface area contributed by atoms with Crippen molar-refractivity contribution in [3.8, 4) is 5.75 Å². The standard InChI is InChI=1S/C22H32Cl2N2O2/c1-15(12-16-13-18(23)20(27)19(24)14-16)21(28)26-8-4-17(5-9-26)25-10-6-22(2,3)7-11-25/h13-15,17,27H,4-12H2,1-3H3/t15-/m1/s1. The Labute approximate surface area is 178 Å². The van der Waals surface area contributed by atoms with Gasteiger partial charge in [-0.2, -0.15) is 0 Å². The summed E-state index contributed by atoms with van der Waals surface area (Å²) >= 11 is 12.0. The summed E-state index contributed by atoms with van der Waals surface area (Å²) in [5.74, 6) is -0.0446. The number of benzene rings is 1. The van der Waals surface area contributed by atoms with Crippen LogP contribution in [0.2, 0.25) is 10.0 Å². The fraction of sp³-hybridized carbons (Fsp3) is 0.682. The van der Waals surface area contributed by atoms with Gasteiger partial charge in [-0.3, -0.25) is 4.79 Å². The predicted octanol–water partition coefficient (Wildman–Crippen LogP) is 4.99. The summed E-state index contributed by atoms with van der Waals surface area (Å²) in [6.07, 6.45) is 5.23. The molecule has 0 aromatic heterocycles. The second-order valence-corrected chi connectivity index (χ2v) is 10.1. The molecule has 2 aliphatic rings. The summed E-state index contributed by atoms with van der Waals surface area (Å²) in [5.41, 5.74) is 1.35. The fourth-order valence-corrected chi connectivity index (χ4v) is 4.97. The zero-order valence-electron chi connectivity index (χ0n) is 17.2. The minimum Gasteiger partial charge on any atom is -0.505 e. The Morgan fingerprint density at radius 3 is 2.21 bits per heavy atom. The van der Waals surface area contributed by atoms with Crippen LogP contribution in [0.3, 0.4) is 0 Å². The molecule has 2 aliphatic heterocycles. The van der Waals surface area contributed by atoms with Crippen molar-refractivity contribution in [3.05, 3.63) is 27.7 Å². The van der Waals surface area contributed by atoms with Crippen LogP contribution in [0.15, 0.2) is 12.1 Å². The summed E-state index contributed by atoms with van der Waals surface area (Å²) in [5, 5.41) is 10.2. The molecule has 0 saturated carbocycles. The summed E-state index contributed by atoms with van der Waals surface area (Å²) in [6.45, 7) is 10.7. The molecule has 0 radical (unpaired) electrons. The Morgan fingerprint density at radius 2 is 1.68 bits per heavy atom. The molecule has 0 unspecified atom stereocenters. The third-order valence-corrected chi connectivity index (χ3v) is 7.06. The molecule has 0 bridgehead atoms. The number of amides is 1. The normalized spacial score (nSPS) is 22.2. The molecule has 156 valence electrons. The number of carbonyl (C=O) groups is 1. The first-order valence-electron chi connectivity index (χ1n) is 10.4. The summed E-state index contributed by atoms with van der Waals surface area (Å²) < 4.78 is 0. The number of aromatic hydroxyl groups is 1. The van der Waals surface area contributed by atoms with Crippen molar-refractivity contribution in [2.24, 2.45) is 11.3 Å². The fourth-order valence-electron chi connectivity index (χ4n) is 4.43. The first-order chi connectivity index (χ1) is 13.2. The largest absolute Gasteiger partial charge is 0.505 e. The van der Waals surface area contributed by atoms with Gasteiger partial charge >= 0.3 is 0 Å². The topological polar surface area (TPSA) is 43.8 Å². The monoisotopic (exact) mass is 426 g/mol. The Kier molecular flexibility index (Phi) is 6.84. The molecule has 0 aliphatic carbocycles. The number of halogens is 2. The van der Waals surface area contributed by atoms with Crippen LogP contribution in [0.4, 0.5) is 0 Å². The SMILES string of the molecule is C[C@H](Cc1cc(Cl)c(O)c(Cl)c1)C(=O)N1CCC(N2CCC(C)(C)CC2)CC1. The molecule has 1 aromatic rings. The number of likely N-dealkylation sites (tertiary alicyclic amines) is 2. The first kappa shape index (κ1) is 21.7. The van der Waals surface area contributed by atoms with E-state index in [-0.39, 0.29) is 27.6 Å². The zero-order chi connectivity index (χ0) is 20.5. The molecule has 1 aromatic carbocycles. The molecule has 1 amide bonds. The molecule has 4 nitrogen and oxygen atoms in total.